The number of carbonyl (C=O) groups is 2. The molecule has 0 spiro atoms. The van der Waals surface area contributed by atoms with Crippen molar-refractivity contribution in [3.8, 4) is 0 Å². The SMILES string of the molecule is Cn1ncc2c(N3CCN(C(=O)C4CC(=O)N(Cc5ccco5)C4)CC3)ncnc21. The zero-order chi connectivity index (χ0) is 20.7. The highest BCUT2D eigenvalue weighted by Crippen LogP contribution is 2.26. The smallest absolute Gasteiger partial charge is 0.228 e. The molecule has 0 aliphatic carbocycles. The number of aromatic nitrogens is 4. The zero-order valence-electron chi connectivity index (χ0n) is 16.8. The summed E-state index contributed by atoms with van der Waals surface area (Å²) in [7, 11) is 1.85. The minimum Gasteiger partial charge on any atom is -0.467 e. The molecule has 0 saturated carbocycles. The fourth-order valence-corrected chi connectivity index (χ4v) is 4.28. The highest BCUT2D eigenvalue weighted by molar-refractivity contribution is 5.90. The minimum atomic E-state index is -0.289. The lowest BCUT2D eigenvalue weighted by Gasteiger charge is -2.36. The van der Waals surface area contributed by atoms with Crippen LogP contribution in [0.5, 0.6) is 0 Å². The van der Waals surface area contributed by atoms with Gasteiger partial charge in [-0.1, -0.05) is 0 Å². The Morgan fingerprint density at radius 3 is 2.83 bits per heavy atom. The number of rotatable bonds is 4. The summed E-state index contributed by atoms with van der Waals surface area (Å²) in [6, 6.07) is 3.64. The molecule has 1 atom stereocenters. The lowest BCUT2D eigenvalue weighted by molar-refractivity contribution is -0.136. The van der Waals surface area contributed by atoms with Crippen molar-refractivity contribution in [2.45, 2.75) is 13.0 Å². The van der Waals surface area contributed by atoms with Crippen LogP contribution in [0.1, 0.15) is 12.2 Å². The van der Waals surface area contributed by atoms with Gasteiger partial charge in [-0.25, -0.2) is 9.97 Å². The first-order valence-corrected chi connectivity index (χ1v) is 10.1. The van der Waals surface area contributed by atoms with Crippen LogP contribution in [0, 0.1) is 5.92 Å². The van der Waals surface area contributed by atoms with Gasteiger partial charge in [0, 0.05) is 46.2 Å². The van der Waals surface area contributed by atoms with E-state index in [1.54, 1.807) is 34.4 Å². The molecule has 2 aliphatic rings. The van der Waals surface area contributed by atoms with E-state index in [2.05, 4.69) is 20.0 Å². The Balaban J connectivity index is 1.21. The van der Waals surface area contributed by atoms with Gasteiger partial charge in [0.25, 0.3) is 0 Å². The zero-order valence-corrected chi connectivity index (χ0v) is 16.8. The number of aryl methyl sites for hydroxylation is 1. The topological polar surface area (TPSA) is 101 Å². The molecule has 2 amide bonds. The largest absolute Gasteiger partial charge is 0.467 e. The molecule has 0 radical (unpaired) electrons. The van der Waals surface area contributed by atoms with E-state index < -0.39 is 0 Å². The Morgan fingerprint density at radius 2 is 2.07 bits per heavy atom. The first kappa shape index (κ1) is 18.6. The number of furan rings is 1. The van der Waals surface area contributed by atoms with Crippen LogP contribution in [-0.2, 0) is 23.2 Å². The van der Waals surface area contributed by atoms with Gasteiger partial charge in [0.1, 0.15) is 17.9 Å². The average Bonchev–Trinajstić information content (AvgIpc) is 3.50. The van der Waals surface area contributed by atoms with Gasteiger partial charge in [-0.05, 0) is 12.1 Å². The van der Waals surface area contributed by atoms with E-state index >= 15 is 0 Å². The number of anilines is 1. The summed E-state index contributed by atoms with van der Waals surface area (Å²) in [6.07, 6.45) is 5.19. The third kappa shape index (κ3) is 3.27. The predicted molar refractivity (Wildman–Crippen MR) is 107 cm³/mol. The first-order chi connectivity index (χ1) is 14.6. The van der Waals surface area contributed by atoms with E-state index in [4.69, 9.17) is 4.42 Å². The van der Waals surface area contributed by atoms with Crippen molar-refractivity contribution in [3.63, 3.8) is 0 Å². The van der Waals surface area contributed by atoms with Crippen LogP contribution in [-0.4, -0.2) is 74.1 Å². The van der Waals surface area contributed by atoms with E-state index in [1.807, 2.05) is 18.0 Å². The number of amides is 2. The molecular formula is C20H23N7O3. The maximum Gasteiger partial charge on any atom is 0.228 e. The molecule has 0 bridgehead atoms. The summed E-state index contributed by atoms with van der Waals surface area (Å²) in [5.74, 6) is 1.35. The summed E-state index contributed by atoms with van der Waals surface area (Å²) >= 11 is 0. The fourth-order valence-electron chi connectivity index (χ4n) is 4.28. The summed E-state index contributed by atoms with van der Waals surface area (Å²) in [5, 5.41) is 5.18. The third-order valence-electron chi connectivity index (χ3n) is 5.89. The van der Waals surface area contributed by atoms with Crippen LogP contribution in [0.4, 0.5) is 5.82 Å². The lowest BCUT2D eigenvalue weighted by atomic mass is 10.1. The van der Waals surface area contributed by atoms with E-state index in [1.165, 1.54) is 0 Å². The third-order valence-corrected chi connectivity index (χ3v) is 5.89. The number of piperazine rings is 1. The second kappa shape index (κ2) is 7.43. The Kier molecular flexibility index (Phi) is 4.61. The summed E-state index contributed by atoms with van der Waals surface area (Å²) in [5.41, 5.74) is 0.791. The highest BCUT2D eigenvalue weighted by atomic mass is 16.3. The monoisotopic (exact) mass is 409 g/mol. The molecular weight excluding hydrogens is 386 g/mol. The maximum absolute atomic E-state index is 13.0. The summed E-state index contributed by atoms with van der Waals surface area (Å²) in [4.78, 5) is 39.8. The average molecular weight is 409 g/mol. The molecule has 3 aromatic rings. The molecule has 2 fully saturated rings. The Morgan fingerprint density at radius 1 is 1.23 bits per heavy atom. The molecule has 0 N–H and O–H groups in total. The van der Waals surface area contributed by atoms with Gasteiger partial charge < -0.3 is 19.1 Å². The molecule has 30 heavy (non-hydrogen) atoms. The molecule has 10 heteroatoms. The number of likely N-dealkylation sites (tertiary alicyclic amines) is 1. The standard InChI is InChI=1S/C20H23N7O3/c1-24-18-16(10-23-24)19(22-13-21-18)25-4-6-26(7-5-25)20(29)14-9-17(28)27(11-14)12-15-3-2-8-30-15/h2-3,8,10,13-14H,4-7,9,11-12H2,1H3. The molecule has 2 aliphatic heterocycles. The molecule has 2 saturated heterocycles. The van der Waals surface area contributed by atoms with Gasteiger partial charge >= 0.3 is 0 Å². The molecule has 156 valence electrons. The normalized spacial score (nSPS) is 19.8. The van der Waals surface area contributed by atoms with Gasteiger partial charge in [0.15, 0.2) is 5.65 Å². The quantitative estimate of drug-likeness (QED) is 0.624. The van der Waals surface area contributed by atoms with Gasteiger partial charge in [-0.3, -0.25) is 14.3 Å². The molecule has 5 rings (SSSR count). The minimum absolute atomic E-state index is 0.00309. The Hall–Kier alpha value is -3.43. The lowest BCUT2D eigenvalue weighted by Crippen LogP contribution is -2.51. The van der Waals surface area contributed by atoms with Crippen molar-refractivity contribution in [1.29, 1.82) is 0 Å². The van der Waals surface area contributed by atoms with Crippen LogP contribution in [0.15, 0.2) is 35.3 Å². The van der Waals surface area contributed by atoms with Gasteiger partial charge in [-0.2, -0.15) is 5.10 Å². The van der Waals surface area contributed by atoms with Crippen LogP contribution < -0.4 is 4.90 Å². The van der Waals surface area contributed by atoms with Crippen molar-refractivity contribution in [2.24, 2.45) is 13.0 Å². The second-order valence-electron chi connectivity index (χ2n) is 7.77. The Bertz CT molecular complexity index is 1070. The first-order valence-electron chi connectivity index (χ1n) is 10.1. The second-order valence-corrected chi connectivity index (χ2v) is 7.77. The molecule has 3 aromatic heterocycles. The summed E-state index contributed by atoms with van der Waals surface area (Å²) < 4.78 is 7.06. The number of hydrogen-bond donors (Lipinski definition) is 0. The van der Waals surface area contributed by atoms with E-state index in [0.717, 1.165) is 22.6 Å². The molecule has 10 nitrogen and oxygen atoms in total. The van der Waals surface area contributed by atoms with Crippen molar-refractivity contribution < 1.29 is 14.0 Å². The number of carbonyl (C=O) groups excluding carboxylic acids is 2. The van der Waals surface area contributed by atoms with Crippen molar-refractivity contribution in [1.82, 2.24) is 29.5 Å². The molecule has 1 unspecified atom stereocenters. The van der Waals surface area contributed by atoms with Crippen LogP contribution in [0.25, 0.3) is 11.0 Å². The predicted octanol–water partition coefficient (Wildman–Crippen LogP) is 0.654. The van der Waals surface area contributed by atoms with Crippen molar-refractivity contribution >= 4 is 28.7 Å². The van der Waals surface area contributed by atoms with Gasteiger partial charge in [0.05, 0.1) is 30.3 Å². The maximum atomic E-state index is 13.0. The highest BCUT2D eigenvalue weighted by Gasteiger charge is 2.37. The van der Waals surface area contributed by atoms with E-state index in [-0.39, 0.29) is 24.2 Å². The molecule has 0 aromatic carbocycles. The van der Waals surface area contributed by atoms with E-state index in [0.29, 0.717) is 39.3 Å². The van der Waals surface area contributed by atoms with Crippen LogP contribution in [0.3, 0.4) is 0 Å². The van der Waals surface area contributed by atoms with Crippen LogP contribution >= 0.6 is 0 Å². The number of fused-ring (bicyclic) bond motifs is 1. The number of nitrogens with zero attached hydrogens (tertiary/aromatic N) is 7. The summed E-state index contributed by atoms with van der Waals surface area (Å²) in [6.45, 7) is 3.44. The van der Waals surface area contributed by atoms with Crippen molar-refractivity contribution in [2.75, 3.05) is 37.6 Å². The van der Waals surface area contributed by atoms with Gasteiger partial charge in [0.2, 0.25) is 11.8 Å². The van der Waals surface area contributed by atoms with E-state index in [9.17, 15) is 9.59 Å². The fraction of sp³-hybridized carbons (Fsp3) is 0.450. The molecule has 5 heterocycles. The van der Waals surface area contributed by atoms with Crippen molar-refractivity contribution in [3.05, 3.63) is 36.7 Å². The Labute approximate surface area is 173 Å². The van der Waals surface area contributed by atoms with Gasteiger partial charge in [-0.15, -0.1) is 0 Å². The number of hydrogen-bond acceptors (Lipinski definition) is 7. The van der Waals surface area contributed by atoms with Crippen LogP contribution in [0.2, 0.25) is 0 Å².